The Kier molecular flexibility index (Phi) is 3.76. The smallest absolute Gasteiger partial charge is 0.333 e. The molecular formula is C11H9ClF2N2O2. The summed E-state index contributed by atoms with van der Waals surface area (Å²) in [5, 5.41) is 0.293. The second-order valence-corrected chi connectivity index (χ2v) is 4.03. The van der Waals surface area contributed by atoms with Crippen LogP contribution in [0.15, 0.2) is 30.1 Å². The molecule has 0 radical (unpaired) electrons. The first-order chi connectivity index (χ1) is 8.56. The Labute approximate surface area is 107 Å². The van der Waals surface area contributed by atoms with Crippen molar-refractivity contribution in [3.8, 4) is 0 Å². The molecule has 0 N–H and O–H groups in total. The number of nitrogens with zero attached hydrogens (tertiary/aromatic N) is 2. The van der Waals surface area contributed by atoms with Crippen LogP contribution < -0.4 is 0 Å². The predicted octanol–water partition coefficient (Wildman–Crippen LogP) is 2.20. The second-order valence-electron chi connectivity index (χ2n) is 3.64. The standard InChI is InChI=1S/C11H9ClF2N2O2/c12-9-2-1-7(4-15-9)5-16(11(13)14)8-3-10(17)18-6-8/h1-4,11H,5-6H2. The summed E-state index contributed by atoms with van der Waals surface area (Å²) >= 11 is 5.61. The van der Waals surface area contributed by atoms with Crippen molar-refractivity contribution in [3.63, 3.8) is 0 Å². The zero-order valence-corrected chi connectivity index (χ0v) is 9.90. The fraction of sp³-hybridized carbons (Fsp3) is 0.273. The Morgan fingerprint density at radius 2 is 2.28 bits per heavy atom. The molecule has 0 fully saturated rings. The minimum Gasteiger partial charge on any atom is -0.456 e. The minimum atomic E-state index is -2.72. The van der Waals surface area contributed by atoms with Crippen molar-refractivity contribution in [2.45, 2.75) is 13.1 Å². The highest BCUT2D eigenvalue weighted by Crippen LogP contribution is 2.20. The number of hydrogen-bond acceptors (Lipinski definition) is 4. The van der Waals surface area contributed by atoms with Gasteiger partial charge in [0.1, 0.15) is 11.8 Å². The van der Waals surface area contributed by atoms with Gasteiger partial charge in [0, 0.05) is 18.8 Å². The lowest BCUT2D eigenvalue weighted by Crippen LogP contribution is -2.28. The minimum absolute atomic E-state index is 0.0652. The summed E-state index contributed by atoms with van der Waals surface area (Å²) < 4.78 is 30.4. The Hall–Kier alpha value is -1.69. The number of alkyl halides is 2. The van der Waals surface area contributed by atoms with Crippen molar-refractivity contribution in [2.24, 2.45) is 0 Å². The van der Waals surface area contributed by atoms with E-state index in [1.807, 2.05) is 0 Å². The van der Waals surface area contributed by atoms with Gasteiger partial charge in [0.25, 0.3) is 0 Å². The third-order valence-corrected chi connectivity index (χ3v) is 2.62. The van der Waals surface area contributed by atoms with E-state index in [2.05, 4.69) is 9.72 Å². The molecule has 96 valence electrons. The SMILES string of the molecule is O=C1C=C(N(Cc2ccc(Cl)nc2)C(F)F)CO1. The molecule has 18 heavy (non-hydrogen) atoms. The molecular weight excluding hydrogens is 266 g/mol. The van der Waals surface area contributed by atoms with Crippen molar-refractivity contribution in [1.29, 1.82) is 0 Å². The van der Waals surface area contributed by atoms with E-state index in [0.29, 0.717) is 10.7 Å². The molecule has 0 unspecified atom stereocenters. The first-order valence-corrected chi connectivity index (χ1v) is 5.46. The summed E-state index contributed by atoms with van der Waals surface area (Å²) in [5.41, 5.74) is 0.727. The van der Waals surface area contributed by atoms with Crippen LogP contribution in [0.4, 0.5) is 8.78 Å². The lowest BCUT2D eigenvalue weighted by Gasteiger charge is -2.23. The normalized spacial score (nSPS) is 14.7. The summed E-state index contributed by atoms with van der Waals surface area (Å²) in [4.78, 5) is 15.5. The van der Waals surface area contributed by atoms with Crippen LogP contribution in [0.1, 0.15) is 5.56 Å². The molecule has 1 aliphatic rings. The van der Waals surface area contributed by atoms with Gasteiger partial charge in [-0.15, -0.1) is 0 Å². The summed E-state index contributed by atoms with van der Waals surface area (Å²) in [6.07, 6.45) is 2.48. The summed E-state index contributed by atoms with van der Waals surface area (Å²) in [6, 6.07) is 3.12. The first-order valence-electron chi connectivity index (χ1n) is 5.09. The number of cyclic esters (lactones) is 1. The van der Waals surface area contributed by atoms with E-state index < -0.39 is 12.5 Å². The monoisotopic (exact) mass is 274 g/mol. The molecule has 2 heterocycles. The first kappa shape index (κ1) is 12.8. The fourth-order valence-corrected chi connectivity index (χ4v) is 1.63. The van der Waals surface area contributed by atoms with Crippen molar-refractivity contribution >= 4 is 17.6 Å². The molecule has 0 atom stereocenters. The Morgan fingerprint density at radius 3 is 2.78 bits per heavy atom. The maximum Gasteiger partial charge on any atom is 0.333 e. The Morgan fingerprint density at radius 1 is 1.50 bits per heavy atom. The highest BCUT2D eigenvalue weighted by atomic mass is 35.5. The van der Waals surface area contributed by atoms with Crippen LogP contribution in [0.5, 0.6) is 0 Å². The van der Waals surface area contributed by atoms with Gasteiger partial charge in [-0.1, -0.05) is 17.7 Å². The molecule has 0 amide bonds. The molecule has 0 saturated carbocycles. The average molecular weight is 275 g/mol. The molecule has 0 bridgehead atoms. The zero-order valence-electron chi connectivity index (χ0n) is 9.15. The number of carbonyl (C=O) groups is 1. The highest BCUT2D eigenvalue weighted by Gasteiger charge is 2.25. The molecule has 1 aromatic heterocycles. The quantitative estimate of drug-likeness (QED) is 0.480. The van der Waals surface area contributed by atoms with E-state index in [-0.39, 0.29) is 18.8 Å². The van der Waals surface area contributed by atoms with Gasteiger partial charge in [-0.25, -0.2) is 9.78 Å². The molecule has 0 aromatic carbocycles. The van der Waals surface area contributed by atoms with Crippen molar-refractivity contribution in [1.82, 2.24) is 9.88 Å². The molecule has 0 saturated heterocycles. The number of pyridine rings is 1. The number of halogens is 3. The number of hydrogen-bond donors (Lipinski definition) is 0. The van der Waals surface area contributed by atoms with Crippen LogP contribution >= 0.6 is 11.6 Å². The summed E-state index contributed by atoms with van der Waals surface area (Å²) in [6.45, 7) is -2.92. The van der Waals surface area contributed by atoms with E-state index >= 15 is 0 Å². The number of rotatable bonds is 4. The maximum absolute atomic E-state index is 12.9. The van der Waals surface area contributed by atoms with Crippen LogP contribution in [0.3, 0.4) is 0 Å². The largest absolute Gasteiger partial charge is 0.456 e. The van der Waals surface area contributed by atoms with Gasteiger partial charge in [0.2, 0.25) is 0 Å². The van der Waals surface area contributed by atoms with Gasteiger partial charge in [-0.3, -0.25) is 0 Å². The van der Waals surface area contributed by atoms with E-state index in [4.69, 9.17) is 11.6 Å². The highest BCUT2D eigenvalue weighted by molar-refractivity contribution is 6.29. The van der Waals surface area contributed by atoms with Crippen LogP contribution in [0, 0.1) is 0 Å². The number of esters is 1. The molecule has 0 aliphatic carbocycles. The van der Waals surface area contributed by atoms with E-state index in [1.165, 1.54) is 12.3 Å². The van der Waals surface area contributed by atoms with Crippen LogP contribution in [0.25, 0.3) is 0 Å². The third-order valence-electron chi connectivity index (χ3n) is 2.39. The summed E-state index contributed by atoms with van der Waals surface area (Å²) in [7, 11) is 0. The molecule has 0 spiro atoms. The second kappa shape index (κ2) is 5.30. The van der Waals surface area contributed by atoms with Gasteiger partial charge >= 0.3 is 12.5 Å². The van der Waals surface area contributed by atoms with E-state index in [9.17, 15) is 13.6 Å². The molecule has 4 nitrogen and oxygen atoms in total. The molecule has 7 heteroatoms. The molecule has 1 aliphatic heterocycles. The van der Waals surface area contributed by atoms with Gasteiger partial charge in [0.15, 0.2) is 0 Å². The lowest BCUT2D eigenvalue weighted by molar-refractivity contribution is -0.135. The van der Waals surface area contributed by atoms with Gasteiger partial charge in [-0.2, -0.15) is 8.78 Å². The topological polar surface area (TPSA) is 42.4 Å². The number of ether oxygens (including phenoxy) is 1. The lowest BCUT2D eigenvalue weighted by atomic mass is 10.2. The van der Waals surface area contributed by atoms with E-state index in [0.717, 1.165) is 11.0 Å². The van der Waals surface area contributed by atoms with Gasteiger partial charge in [-0.05, 0) is 11.6 Å². The van der Waals surface area contributed by atoms with Gasteiger partial charge < -0.3 is 9.64 Å². The Balaban J connectivity index is 2.14. The fourth-order valence-electron chi connectivity index (χ4n) is 1.52. The predicted molar refractivity (Wildman–Crippen MR) is 59.8 cm³/mol. The van der Waals surface area contributed by atoms with Crippen LogP contribution in [0.2, 0.25) is 5.15 Å². The van der Waals surface area contributed by atoms with Crippen molar-refractivity contribution in [2.75, 3.05) is 6.61 Å². The maximum atomic E-state index is 12.9. The van der Waals surface area contributed by atoms with E-state index in [1.54, 1.807) is 6.07 Å². The number of carbonyl (C=O) groups excluding carboxylic acids is 1. The van der Waals surface area contributed by atoms with Crippen molar-refractivity contribution in [3.05, 3.63) is 40.8 Å². The average Bonchev–Trinajstić information content (AvgIpc) is 2.74. The summed E-state index contributed by atoms with van der Waals surface area (Å²) in [5.74, 6) is -0.607. The zero-order chi connectivity index (χ0) is 13.1. The number of aromatic nitrogens is 1. The van der Waals surface area contributed by atoms with Crippen LogP contribution in [-0.4, -0.2) is 29.0 Å². The molecule has 2 rings (SSSR count). The van der Waals surface area contributed by atoms with Gasteiger partial charge in [0.05, 0.1) is 5.70 Å². The molecule has 1 aromatic rings. The Bertz CT molecular complexity index is 476. The van der Waals surface area contributed by atoms with Crippen LogP contribution in [-0.2, 0) is 16.1 Å². The van der Waals surface area contributed by atoms with Crippen molar-refractivity contribution < 1.29 is 18.3 Å². The third kappa shape index (κ3) is 2.95.